The van der Waals surface area contributed by atoms with E-state index >= 15 is 0 Å². The van der Waals surface area contributed by atoms with Crippen molar-refractivity contribution in [3.05, 3.63) is 35.7 Å². The van der Waals surface area contributed by atoms with E-state index in [1.54, 1.807) is 18.0 Å². The van der Waals surface area contributed by atoms with Crippen LogP contribution >= 0.6 is 11.8 Å². The van der Waals surface area contributed by atoms with E-state index in [0.717, 1.165) is 42.6 Å². The minimum absolute atomic E-state index is 0.136. The van der Waals surface area contributed by atoms with E-state index in [4.69, 9.17) is 0 Å². The number of aromatic nitrogens is 2. The fourth-order valence-corrected chi connectivity index (χ4v) is 4.01. The standard InChI is InChI=1S/C17H22N6OS/c1-21-6-8-22(9-7-21)14-4-2-13(3-5-14)19-17-18-12-15-16(20-17)25-11-10-23(15)24/h2-5,12,23H,6-11H2,1H3,(H,18,19,20). The van der Waals surface area contributed by atoms with Crippen LogP contribution in [0.3, 0.4) is 0 Å². The molecule has 132 valence electrons. The highest BCUT2D eigenvalue weighted by Gasteiger charge is 2.19. The Hall–Kier alpha value is -1.87. The molecule has 7 nitrogen and oxygen atoms in total. The summed E-state index contributed by atoms with van der Waals surface area (Å²) in [5.41, 5.74) is 2.84. The minimum atomic E-state index is 0.136. The molecule has 1 aromatic heterocycles. The van der Waals surface area contributed by atoms with Gasteiger partial charge >= 0.3 is 0 Å². The number of nitrogens with zero attached hydrogens (tertiary/aromatic N) is 4. The summed E-state index contributed by atoms with van der Waals surface area (Å²) in [5, 5.41) is 16.0. The van der Waals surface area contributed by atoms with Crippen molar-refractivity contribution < 1.29 is 5.06 Å². The molecule has 2 N–H and O–H groups in total. The zero-order valence-corrected chi connectivity index (χ0v) is 15.1. The van der Waals surface area contributed by atoms with E-state index in [1.807, 2.05) is 0 Å². The predicted molar refractivity (Wildman–Crippen MR) is 101 cm³/mol. The number of hydrogen-bond donors (Lipinski definition) is 2. The molecule has 1 aromatic carbocycles. The van der Waals surface area contributed by atoms with Gasteiger partial charge in [0.15, 0.2) is 10.7 Å². The third-order valence-corrected chi connectivity index (χ3v) is 5.61. The summed E-state index contributed by atoms with van der Waals surface area (Å²) in [6, 6.07) is 8.36. The number of hydroxylamine groups is 1. The molecule has 1 unspecified atom stereocenters. The van der Waals surface area contributed by atoms with Gasteiger partial charge in [-0.25, -0.2) is 4.98 Å². The summed E-state index contributed by atoms with van der Waals surface area (Å²) in [5.74, 6) is 1.33. The Morgan fingerprint density at radius 1 is 1.16 bits per heavy atom. The molecule has 2 aromatic rings. The Morgan fingerprint density at radius 3 is 2.68 bits per heavy atom. The van der Waals surface area contributed by atoms with Crippen molar-refractivity contribution in [3.8, 4) is 0 Å². The van der Waals surface area contributed by atoms with Gasteiger partial charge in [-0.3, -0.25) is 0 Å². The number of thioether (sulfide) groups is 1. The summed E-state index contributed by atoms with van der Waals surface area (Å²) >= 11 is 1.62. The van der Waals surface area contributed by atoms with Gasteiger partial charge in [0.1, 0.15) is 0 Å². The summed E-state index contributed by atoms with van der Waals surface area (Å²) < 4.78 is 0. The van der Waals surface area contributed by atoms with Gasteiger partial charge in [0.05, 0.1) is 12.7 Å². The monoisotopic (exact) mass is 358 g/mol. The molecule has 2 aliphatic heterocycles. The molecule has 0 bridgehead atoms. The lowest BCUT2D eigenvalue weighted by molar-refractivity contribution is -0.776. The molecule has 0 radical (unpaired) electrons. The molecule has 1 fully saturated rings. The van der Waals surface area contributed by atoms with E-state index < -0.39 is 0 Å². The van der Waals surface area contributed by atoms with Crippen molar-refractivity contribution in [2.75, 3.05) is 55.7 Å². The molecule has 0 spiro atoms. The molecule has 2 aliphatic rings. The normalized spacial score (nSPS) is 21.0. The molecular weight excluding hydrogens is 336 g/mol. The maximum atomic E-state index is 11.8. The SMILES string of the molecule is CN1CCN(c2ccc(Nc3ncc4c(n3)SCC[NH+]4[O-])cc2)CC1. The number of quaternary nitrogens is 1. The van der Waals surface area contributed by atoms with Crippen LogP contribution in [0, 0.1) is 5.21 Å². The summed E-state index contributed by atoms with van der Waals surface area (Å²) in [6.07, 6.45) is 1.64. The maximum absolute atomic E-state index is 11.8. The smallest absolute Gasteiger partial charge is 0.228 e. The maximum Gasteiger partial charge on any atom is 0.228 e. The average molecular weight is 358 g/mol. The van der Waals surface area contributed by atoms with Gasteiger partial charge in [-0.15, -0.1) is 0 Å². The molecule has 0 amide bonds. The summed E-state index contributed by atoms with van der Waals surface area (Å²) in [6.45, 7) is 4.88. The highest BCUT2D eigenvalue weighted by Crippen LogP contribution is 2.26. The van der Waals surface area contributed by atoms with Gasteiger partial charge in [0.25, 0.3) is 0 Å². The van der Waals surface area contributed by atoms with Crippen molar-refractivity contribution in [2.45, 2.75) is 5.03 Å². The lowest BCUT2D eigenvalue weighted by Crippen LogP contribution is -3.03. The largest absolute Gasteiger partial charge is 0.629 e. The van der Waals surface area contributed by atoms with Crippen LogP contribution < -0.4 is 15.3 Å². The van der Waals surface area contributed by atoms with Crippen molar-refractivity contribution in [1.82, 2.24) is 14.9 Å². The number of fused-ring (bicyclic) bond motifs is 1. The first-order valence-electron chi connectivity index (χ1n) is 8.53. The predicted octanol–water partition coefficient (Wildman–Crippen LogP) is 1.09. The molecule has 4 rings (SSSR count). The van der Waals surface area contributed by atoms with Crippen molar-refractivity contribution in [1.29, 1.82) is 0 Å². The van der Waals surface area contributed by atoms with Crippen LogP contribution in [0.15, 0.2) is 35.5 Å². The number of likely N-dealkylation sites (N-methyl/N-ethyl adjacent to an activating group) is 1. The fourth-order valence-electron chi connectivity index (χ4n) is 3.05. The Morgan fingerprint density at radius 2 is 1.92 bits per heavy atom. The van der Waals surface area contributed by atoms with Crippen LogP contribution in [0.5, 0.6) is 0 Å². The Labute approximate surface area is 151 Å². The number of benzene rings is 1. The first-order chi connectivity index (χ1) is 12.2. The van der Waals surface area contributed by atoms with Crippen LogP contribution in [0.2, 0.25) is 0 Å². The molecule has 25 heavy (non-hydrogen) atoms. The van der Waals surface area contributed by atoms with E-state index in [9.17, 15) is 5.21 Å². The number of rotatable bonds is 3. The Kier molecular flexibility index (Phi) is 4.76. The molecule has 3 heterocycles. The molecule has 1 atom stereocenters. The van der Waals surface area contributed by atoms with Crippen LogP contribution in [0.1, 0.15) is 0 Å². The first kappa shape index (κ1) is 16.6. The van der Waals surface area contributed by atoms with Crippen LogP contribution in [-0.2, 0) is 0 Å². The summed E-state index contributed by atoms with van der Waals surface area (Å²) in [7, 11) is 2.16. The average Bonchev–Trinajstić information content (AvgIpc) is 2.63. The molecule has 8 heteroatoms. The summed E-state index contributed by atoms with van der Waals surface area (Å²) in [4.78, 5) is 13.5. The highest BCUT2D eigenvalue weighted by atomic mass is 32.2. The van der Waals surface area contributed by atoms with Crippen molar-refractivity contribution in [2.24, 2.45) is 0 Å². The van der Waals surface area contributed by atoms with Crippen molar-refractivity contribution in [3.63, 3.8) is 0 Å². The van der Waals surface area contributed by atoms with Gasteiger partial charge < -0.3 is 25.4 Å². The number of nitrogens with one attached hydrogen (secondary N) is 2. The van der Waals surface area contributed by atoms with Crippen LogP contribution in [-0.4, -0.2) is 60.4 Å². The van der Waals surface area contributed by atoms with Gasteiger partial charge in [-0.05, 0) is 31.3 Å². The molecule has 0 saturated carbocycles. The van der Waals surface area contributed by atoms with Crippen molar-refractivity contribution >= 4 is 34.8 Å². The second-order valence-corrected chi connectivity index (χ2v) is 7.48. The van der Waals surface area contributed by atoms with Crippen LogP contribution in [0.25, 0.3) is 0 Å². The third kappa shape index (κ3) is 3.72. The van der Waals surface area contributed by atoms with Gasteiger partial charge in [-0.1, -0.05) is 11.8 Å². The first-order valence-corrected chi connectivity index (χ1v) is 9.51. The van der Waals surface area contributed by atoms with Gasteiger partial charge in [0, 0.05) is 43.3 Å². The molecule has 1 saturated heterocycles. The quantitative estimate of drug-likeness (QED) is 0.629. The zero-order valence-electron chi connectivity index (χ0n) is 14.2. The van der Waals surface area contributed by atoms with Gasteiger partial charge in [0.2, 0.25) is 5.95 Å². The Balaban J connectivity index is 1.44. The zero-order chi connectivity index (χ0) is 17.2. The highest BCUT2D eigenvalue weighted by molar-refractivity contribution is 7.99. The number of piperazine rings is 1. The lowest BCUT2D eigenvalue weighted by Gasteiger charge is -2.34. The third-order valence-electron chi connectivity index (χ3n) is 4.61. The molecule has 0 aliphatic carbocycles. The second kappa shape index (κ2) is 7.17. The van der Waals surface area contributed by atoms with E-state index in [-0.39, 0.29) is 5.06 Å². The van der Waals surface area contributed by atoms with E-state index in [0.29, 0.717) is 18.2 Å². The number of hydrogen-bond acceptors (Lipinski definition) is 7. The fraction of sp³-hybridized carbons (Fsp3) is 0.412. The van der Waals surface area contributed by atoms with E-state index in [2.05, 4.69) is 56.4 Å². The minimum Gasteiger partial charge on any atom is -0.629 e. The number of anilines is 3. The molecular formula is C17H22N6OS. The van der Waals surface area contributed by atoms with Gasteiger partial charge in [-0.2, -0.15) is 4.98 Å². The lowest BCUT2D eigenvalue weighted by atomic mass is 10.2. The second-order valence-electron chi connectivity index (χ2n) is 6.40. The Bertz CT molecular complexity index is 732. The topological polar surface area (TPSA) is 71.8 Å². The van der Waals surface area contributed by atoms with Crippen LogP contribution in [0.4, 0.5) is 23.0 Å². The van der Waals surface area contributed by atoms with E-state index in [1.165, 1.54) is 5.69 Å².